The van der Waals surface area contributed by atoms with Crippen molar-refractivity contribution in [2.24, 2.45) is 5.41 Å². The molecule has 0 aliphatic carbocycles. The van der Waals surface area contributed by atoms with Gasteiger partial charge >= 0.3 is 0 Å². The van der Waals surface area contributed by atoms with E-state index in [1.54, 1.807) is 6.92 Å². The van der Waals surface area contributed by atoms with E-state index in [9.17, 15) is 10.2 Å². The molecule has 0 radical (unpaired) electrons. The van der Waals surface area contributed by atoms with E-state index >= 15 is 0 Å². The molecule has 0 amide bonds. The van der Waals surface area contributed by atoms with Crippen molar-refractivity contribution < 1.29 is 10.2 Å². The normalized spacial score (nSPS) is 19.0. The highest BCUT2D eigenvalue weighted by atomic mass is 16.3. The fourth-order valence-electron chi connectivity index (χ4n) is 1.21. The fourth-order valence-corrected chi connectivity index (χ4v) is 1.21. The number of hydrogen-bond acceptors (Lipinski definition) is 3. The third-order valence-corrected chi connectivity index (χ3v) is 3.01. The molecule has 0 saturated heterocycles. The zero-order valence-corrected chi connectivity index (χ0v) is 11.0. The SMILES string of the molecule is CC(C)NC[C@@H](O)C[C@](C)(O)C(C)(C)C. The van der Waals surface area contributed by atoms with Crippen LogP contribution in [0, 0.1) is 5.41 Å². The van der Waals surface area contributed by atoms with Gasteiger partial charge < -0.3 is 15.5 Å². The summed E-state index contributed by atoms with van der Waals surface area (Å²) in [6, 6.07) is 0.360. The molecule has 3 N–H and O–H groups in total. The summed E-state index contributed by atoms with van der Waals surface area (Å²) >= 11 is 0. The van der Waals surface area contributed by atoms with Crippen LogP contribution in [-0.4, -0.2) is 34.5 Å². The third kappa shape index (κ3) is 5.50. The molecule has 0 fully saturated rings. The lowest BCUT2D eigenvalue weighted by Crippen LogP contribution is -2.45. The van der Waals surface area contributed by atoms with E-state index in [2.05, 4.69) is 5.32 Å². The van der Waals surface area contributed by atoms with Crippen LogP contribution in [0.2, 0.25) is 0 Å². The van der Waals surface area contributed by atoms with Gasteiger partial charge in [0.25, 0.3) is 0 Å². The van der Waals surface area contributed by atoms with E-state index in [0.29, 0.717) is 19.0 Å². The minimum absolute atomic E-state index is 0.216. The average Bonchev–Trinajstić information content (AvgIpc) is 1.97. The second-order valence-electron chi connectivity index (χ2n) is 5.94. The zero-order chi connectivity index (χ0) is 12.3. The monoisotopic (exact) mass is 217 g/mol. The predicted molar refractivity (Wildman–Crippen MR) is 63.8 cm³/mol. The first kappa shape index (κ1) is 14.9. The Bertz CT molecular complexity index is 183. The molecule has 3 heteroatoms. The molecule has 0 unspecified atom stereocenters. The van der Waals surface area contributed by atoms with Crippen molar-refractivity contribution in [3.63, 3.8) is 0 Å². The highest BCUT2D eigenvalue weighted by Gasteiger charge is 2.36. The van der Waals surface area contributed by atoms with Crippen LogP contribution in [-0.2, 0) is 0 Å². The molecule has 0 aromatic rings. The quantitative estimate of drug-likeness (QED) is 0.654. The maximum atomic E-state index is 10.2. The molecule has 0 rings (SSSR count). The highest BCUT2D eigenvalue weighted by molar-refractivity contribution is 4.88. The van der Waals surface area contributed by atoms with Gasteiger partial charge in [0, 0.05) is 19.0 Å². The van der Waals surface area contributed by atoms with Crippen molar-refractivity contribution in [2.45, 2.75) is 65.7 Å². The van der Waals surface area contributed by atoms with E-state index in [1.165, 1.54) is 0 Å². The molecule has 0 heterocycles. The van der Waals surface area contributed by atoms with Crippen LogP contribution in [0.1, 0.15) is 48.0 Å². The van der Waals surface area contributed by atoms with Crippen LogP contribution in [0.4, 0.5) is 0 Å². The van der Waals surface area contributed by atoms with Crippen molar-refractivity contribution in [2.75, 3.05) is 6.54 Å². The van der Waals surface area contributed by atoms with E-state index in [0.717, 1.165) is 0 Å². The number of aliphatic hydroxyl groups excluding tert-OH is 1. The second-order valence-corrected chi connectivity index (χ2v) is 5.94. The maximum Gasteiger partial charge on any atom is 0.0692 e. The van der Waals surface area contributed by atoms with Gasteiger partial charge in [0.1, 0.15) is 0 Å². The van der Waals surface area contributed by atoms with Gasteiger partial charge in [-0.05, 0) is 12.3 Å². The van der Waals surface area contributed by atoms with Gasteiger partial charge in [0.05, 0.1) is 11.7 Å². The van der Waals surface area contributed by atoms with Crippen LogP contribution in [0.3, 0.4) is 0 Å². The summed E-state index contributed by atoms with van der Waals surface area (Å²) in [5.41, 5.74) is -1.06. The van der Waals surface area contributed by atoms with E-state index in [1.807, 2.05) is 34.6 Å². The molecule has 15 heavy (non-hydrogen) atoms. The van der Waals surface area contributed by atoms with E-state index in [-0.39, 0.29) is 5.41 Å². The molecule has 0 bridgehead atoms. The second kappa shape index (κ2) is 5.28. The summed E-state index contributed by atoms with van der Waals surface area (Å²) < 4.78 is 0. The van der Waals surface area contributed by atoms with Crippen molar-refractivity contribution in [3.8, 4) is 0 Å². The van der Waals surface area contributed by atoms with Crippen molar-refractivity contribution in [1.82, 2.24) is 5.32 Å². The summed E-state index contributed by atoms with van der Waals surface area (Å²) in [7, 11) is 0. The van der Waals surface area contributed by atoms with Crippen molar-refractivity contribution in [1.29, 1.82) is 0 Å². The number of rotatable bonds is 5. The minimum Gasteiger partial charge on any atom is -0.392 e. The molecular formula is C12H27NO2. The Labute approximate surface area is 93.9 Å². The summed E-state index contributed by atoms with van der Waals surface area (Å²) in [6.45, 7) is 12.3. The molecule has 0 spiro atoms. The molecule has 2 atom stereocenters. The Balaban J connectivity index is 4.11. The molecule has 0 saturated carbocycles. The first-order valence-electron chi connectivity index (χ1n) is 5.70. The summed E-state index contributed by atoms with van der Waals surface area (Å²) in [5, 5.41) is 23.1. The predicted octanol–water partition coefficient (Wildman–Crippen LogP) is 1.53. The van der Waals surface area contributed by atoms with Gasteiger partial charge in [0.15, 0.2) is 0 Å². The lowest BCUT2D eigenvalue weighted by atomic mass is 9.74. The van der Waals surface area contributed by atoms with E-state index in [4.69, 9.17) is 0 Å². The van der Waals surface area contributed by atoms with Gasteiger partial charge in [-0.15, -0.1) is 0 Å². The summed E-state index contributed by atoms with van der Waals surface area (Å²) in [4.78, 5) is 0. The van der Waals surface area contributed by atoms with Gasteiger partial charge in [0.2, 0.25) is 0 Å². The molecule has 3 nitrogen and oxygen atoms in total. The minimum atomic E-state index is -0.842. The maximum absolute atomic E-state index is 10.2. The Morgan fingerprint density at radius 1 is 1.13 bits per heavy atom. The number of nitrogens with one attached hydrogen (secondary N) is 1. The van der Waals surface area contributed by atoms with Gasteiger partial charge in [-0.1, -0.05) is 34.6 Å². The summed E-state index contributed by atoms with van der Waals surface area (Å²) in [6.07, 6.45) is -0.0995. The Kier molecular flexibility index (Phi) is 5.24. The van der Waals surface area contributed by atoms with Gasteiger partial charge in [-0.2, -0.15) is 0 Å². The highest BCUT2D eigenvalue weighted by Crippen LogP contribution is 2.33. The third-order valence-electron chi connectivity index (χ3n) is 3.01. The lowest BCUT2D eigenvalue weighted by Gasteiger charge is -2.38. The first-order chi connectivity index (χ1) is 6.56. The van der Waals surface area contributed by atoms with Crippen LogP contribution < -0.4 is 5.32 Å². The number of aliphatic hydroxyl groups is 2. The van der Waals surface area contributed by atoms with Gasteiger partial charge in [-0.3, -0.25) is 0 Å². The molecule has 0 aliphatic rings. The topological polar surface area (TPSA) is 52.5 Å². The molecule has 0 aromatic heterocycles. The Hall–Kier alpha value is -0.120. The molecule has 92 valence electrons. The molecular weight excluding hydrogens is 190 g/mol. The van der Waals surface area contributed by atoms with E-state index < -0.39 is 11.7 Å². The first-order valence-corrected chi connectivity index (χ1v) is 5.70. The van der Waals surface area contributed by atoms with Gasteiger partial charge in [-0.25, -0.2) is 0 Å². The standard InChI is InChI=1S/C12H27NO2/c1-9(2)13-8-10(14)7-12(6,15)11(3,4)5/h9-10,13-15H,7-8H2,1-6H3/t10-,12-/m0/s1. The lowest BCUT2D eigenvalue weighted by molar-refractivity contribution is -0.0739. The van der Waals surface area contributed by atoms with Crippen LogP contribution in [0.25, 0.3) is 0 Å². The summed E-state index contributed by atoms with van der Waals surface area (Å²) in [5.74, 6) is 0. The zero-order valence-electron chi connectivity index (χ0n) is 11.0. The Morgan fingerprint density at radius 3 is 1.93 bits per heavy atom. The van der Waals surface area contributed by atoms with Crippen LogP contribution in [0.15, 0.2) is 0 Å². The molecule has 0 aromatic carbocycles. The molecule has 0 aliphatic heterocycles. The van der Waals surface area contributed by atoms with Crippen LogP contribution in [0.5, 0.6) is 0 Å². The Morgan fingerprint density at radius 2 is 1.60 bits per heavy atom. The number of hydrogen-bond donors (Lipinski definition) is 3. The van der Waals surface area contributed by atoms with Crippen molar-refractivity contribution >= 4 is 0 Å². The average molecular weight is 217 g/mol. The largest absolute Gasteiger partial charge is 0.392 e. The van der Waals surface area contributed by atoms with Crippen LogP contribution >= 0.6 is 0 Å². The fraction of sp³-hybridized carbons (Fsp3) is 1.00. The smallest absolute Gasteiger partial charge is 0.0692 e. The van der Waals surface area contributed by atoms with Crippen molar-refractivity contribution in [3.05, 3.63) is 0 Å².